The van der Waals surface area contributed by atoms with E-state index < -0.39 is 6.10 Å². The molecule has 0 amide bonds. The first-order valence-corrected chi connectivity index (χ1v) is 5.70. The molecule has 2 rings (SSSR count). The molecule has 2 aromatic rings. The van der Waals surface area contributed by atoms with Gasteiger partial charge in [0, 0.05) is 24.0 Å². The number of aliphatic hydroxyl groups excluding tert-OH is 1. The van der Waals surface area contributed by atoms with Gasteiger partial charge in [0.1, 0.15) is 23.2 Å². The Morgan fingerprint density at radius 1 is 1.29 bits per heavy atom. The van der Waals surface area contributed by atoms with Gasteiger partial charge in [-0.3, -0.25) is 0 Å². The molecular weight excluding hydrogens is 218 g/mol. The van der Waals surface area contributed by atoms with Gasteiger partial charge in [-0.25, -0.2) is 0 Å². The fraction of sp³-hybridized carbons (Fsp3) is 0.385. The quantitative estimate of drug-likeness (QED) is 0.760. The third-order valence-electron chi connectivity index (χ3n) is 2.57. The summed E-state index contributed by atoms with van der Waals surface area (Å²) in [5.41, 5.74) is 0.587. The molecule has 92 valence electrons. The van der Waals surface area contributed by atoms with E-state index in [4.69, 9.17) is 4.42 Å². The highest BCUT2D eigenvalue weighted by atomic mass is 16.4. The van der Waals surface area contributed by atoms with Crippen molar-refractivity contribution in [3.8, 4) is 5.75 Å². The highest BCUT2D eigenvalue weighted by Crippen LogP contribution is 2.26. The highest BCUT2D eigenvalue weighted by Gasteiger charge is 2.13. The van der Waals surface area contributed by atoms with E-state index in [1.165, 1.54) is 0 Å². The second kappa shape index (κ2) is 4.77. The second-order valence-corrected chi connectivity index (χ2v) is 4.45. The fourth-order valence-corrected chi connectivity index (χ4v) is 1.65. The molecule has 0 bridgehead atoms. The van der Waals surface area contributed by atoms with Gasteiger partial charge in [-0.1, -0.05) is 13.8 Å². The number of aromatic hydroxyl groups is 1. The number of rotatable bonds is 4. The lowest BCUT2D eigenvalue weighted by molar-refractivity contribution is 0.147. The molecule has 0 saturated carbocycles. The predicted octanol–water partition coefficient (Wildman–Crippen LogP) is 2.17. The van der Waals surface area contributed by atoms with Gasteiger partial charge in [0.05, 0.1) is 0 Å². The van der Waals surface area contributed by atoms with Crippen molar-refractivity contribution >= 4 is 11.0 Å². The monoisotopic (exact) mass is 235 g/mol. The van der Waals surface area contributed by atoms with Gasteiger partial charge >= 0.3 is 0 Å². The molecule has 0 aliphatic carbocycles. The molecule has 0 spiro atoms. The molecule has 1 aromatic heterocycles. The molecule has 0 aliphatic rings. The molecule has 0 unspecified atom stereocenters. The van der Waals surface area contributed by atoms with Crippen molar-refractivity contribution in [2.75, 3.05) is 6.54 Å². The largest absolute Gasteiger partial charge is 0.508 e. The molecule has 3 N–H and O–H groups in total. The third kappa shape index (κ3) is 2.78. The van der Waals surface area contributed by atoms with Crippen molar-refractivity contribution in [3.05, 3.63) is 30.0 Å². The Morgan fingerprint density at radius 3 is 2.76 bits per heavy atom. The van der Waals surface area contributed by atoms with Gasteiger partial charge in [-0.05, 0) is 18.2 Å². The minimum atomic E-state index is -0.674. The Morgan fingerprint density at radius 2 is 2.06 bits per heavy atom. The first-order chi connectivity index (χ1) is 8.06. The SMILES string of the molecule is CC(C)NC[C@@H](O)c1cc2ccc(O)cc2o1. The van der Waals surface area contributed by atoms with Gasteiger partial charge < -0.3 is 19.9 Å². The third-order valence-corrected chi connectivity index (χ3v) is 2.57. The van der Waals surface area contributed by atoms with Gasteiger partial charge in [0.25, 0.3) is 0 Å². The summed E-state index contributed by atoms with van der Waals surface area (Å²) < 4.78 is 5.49. The number of fused-ring (bicyclic) bond motifs is 1. The summed E-state index contributed by atoms with van der Waals surface area (Å²) in [4.78, 5) is 0. The maximum Gasteiger partial charge on any atom is 0.138 e. The van der Waals surface area contributed by atoms with E-state index in [9.17, 15) is 10.2 Å². The summed E-state index contributed by atoms with van der Waals surface area (Å²) in [7, 11) is 0. The van der Waals surface area contributed by atoms with Gasteiger partial charge in [-0.15, -0.1) is 0 Å². The van der Waals surface area contributed by atoms with E-state index in [1.54, 1.807) is 24.3 Å². The van der Waals surface area contributed by atoms with Gasteiger partial charge in [0.15, 0.2) is 0 Å². The molecule has 1 atom stereocenters. The zero-order valence-electron chi connectivity index (χ0n) is 9.97. The van der Waals surface area contributed by atoms with Crippen LogP contribution in [-0.2, 0) is 0 Å². The Balaban J connectivity index is 2.18. The van der Waals surface area contributed by atoms with Crippen LogP contribution in [0.3, 0.4) is 0 Å². The number of phenols is 1. The van der Waals surface area contributed by atoms with Crippen molar-refractivity contribution in [2.24, 2.45) is 0 Å². The second-order valence-electron chi connectivity index (χ2n) is 4.45. The molecule has 0 fully saturated rings. The van der Waals surface area contributed by atoms with Crippen LogP contribution in [-0.4, -0.2) is 22.8 Å². The number of phenolic OH excluding ortho intramolecular Hbond substituents is 1. The first kappa shape index (κ1) is 12.0. The maximum absolute atomic E-state index is 9.92. The average Bonchev–Trinajstić information content (AvgIpc) is 2.68. The Hall–Kier alpha value is -1.52. The van der Waals surface area contributed by atoms with Crippen LogP contribution < -0.4 is 5.32 Å². The molecule has 17 heavy (non-hydrogen) atoms. The Labute approximate surface area is 99.9 Å². The highest BCUT2D eigenvalue weighted by molar-refractivity contribution is 5.79. The van der Waals surface area contributed by atoms with Gasteiger partial charge in [-0.2, -0.15) is 0 Å². The number of aliphatic hydroxyl groups is 1. The normalized spacial score (nSPS) is 13.4. The van der Waals surface area contributed by atoms with E-state index in [2.05, 4.69) is 5.32 Å². The predicted molar refractivity (Wildman–Crippen MR) is 66.0 cm³/mol. The number of furan rings is 1. The van der Waals surface area contributed by atoms with Crippen molar-refractivity contribution in [1.82, 2.24) is 5.32 Å². The topological polar surface area (TPSA) is 65.6 Å². The maximum atomic E-state index is 9.92. The summed E-state index contributed by atoms with van der Waals surface area (Å²) >= 11 is 0. The van der Waals surface area contributed by atoms with Crippen LogP contribution in [0.15, 0.2) is 28.7 Å². The summed E-state index contributed by atoms with van der Waals surface area (Å²) in [6.07, 6.45) is -0.674. The van der Waals surface area contributed by atoms with E-state index in [0.29, 0.717) is 23.9 Å². The summed E-state index contributed by atoms with van der Waals surface area (Å²) in [6.45, 7) is 4.48. The minimum absolute atomic E-state index is 0.160. The van der Waals surface area contributed by atoms with Gasteiger partial charge in [0.2, 0.25) is 0 Å². The lowest BCUT2D eigenvalue weighted by Gasteiger charge is -2.11. The molecule has 1 aromatic carbocycles. The molecular formula is C13H17NO3. The number of hydrogen-bond donors (Lipinski definition) is 3. The first-order valence-electron chi connectivity index (χ1n) is 5.70. The number of benzene rings is 1. The molecule has 0 aliphatic heterocycles. The number of nitrogens with one attached hydrogen (secondary N) is 1. The molecule has 0 saturated heterocycles. The standard InChI is InChI=1S/C13H17NO3/c1-8(2)14-7-11(16)13-5-9-3-4-10(15)6-12(9)17-13/h3-6,8,11,14-16H,7H2,1-2H3/t11-/m1/s1. The van der Waals surface area contributed by atoms with Crippen LogP contribution in [0.2, 0.25) is 0 Å². The van der Waals surface area contributed by atoms with Crippen LogP contribution in [0.1, 0.15) is 25.7 Å². The van der Waals surface area contributed by atoms with Crippen LogP contribution in [0, 0.1) is 0 Å². The zero-order valence-corrected chi connectivity index (χ0v) is 9.97. The van der Waals surface area contributed by atoms with Crippen molar-refractivity contribution in [2.45, 2.75) is 26.0 Å². The van der Waals surface area contributed by atoms with E-state index >= 15 is 0 Å². The van der Waals surface area contributed by atoms with Crippen LogP contribution in [0.5, 0.6) is 5.75 Å². The fourth-order valence-electron chi connectivity index (χ4n) is 1.65. The molecule has 0 radical (unpaired) electrons. The summed E-state index contributed by atoms with van der Waals surface area (Å²) in [5, 5.41) is 23.3. The Kier molecular flexibility index (Phi) is 3.36. The van der Waals surface area contributed by atoms with Crippen LogP contribution in [0.25, 0.3) is 11.0 Å². The Bertz CT molecular complexity index is 504. The minimum Gasteiger partial charge on any atom is -0.508 e. The number of hydrogen-bond acceptors (Lipinski definition) is 4. The average molecular weight is 235 g/mol. The lowest BCUT2D eigenvalue weighted by atomic mass is 10.2. The lowest BCUT2D eigenvalue weighted by Crippen LogP contribution is -2.27. The van der Waals surface area contributed by atoms with E-state index in [-0.39, 0.29) is 5.75 Å². The van der Waals surface area contributed by atoms with Crippen molar-refractivity contribution < 1.29 is 14.6 Å². The smallest absolute Gasteiger partial charge is 0.138 e. The van der Waals surface area contributed by atoms with Crippen molar-refractivity contribution in [3.63, 3.8) is 0 Å². The van der Waals surface area contributed by atoms with Crippen LogP contribution in [0.4, 0.5) is 0 Å². The summed E-state index contributed by atoms with van der Waals surface area (Å²) in [6, 6.07) is 7.02. The molecule has 4 heteroatoms. The zero-order chi connectivity index (χ0) is 12.4. The van der Waals surface area contributed by atoms with Crippen LogP contribution >= 0.6 is 0 Å². The molecule has 1 heterocycles. The van der Waals surface area contributed by atoms with E-state index in [0.717, 1.165) is 5.39 Å². The summed E-state index contributed by atoms with van der Waals surface area (Å²) in [5.74, 6) is 0.673. The van der Waals surface area contributed by atoms with E-state index in [1.807, 2.05) is 13.8 Å². The van der Waals surface area contributed by atoms with Crippen molar-refractivity contribution in [1.29, 1.82) is 0 Å². The molecule has 4 nitrogen and oxygen atoms in total.